The van der Waals surface area contributed by atoms with Gasteiger partial charge in [-0.15, -0.1) is 0 Å². The molecule has 4 heteroatoms. The molecule has 4 N–H and O–H groups in total. The molecule has 0 saturated heterocycles. The largest absolute Gasteiger partial charge is 0.396 e. The van der Waals surface area contributed by atoms with Crippen LogP contribution in [0.5, 0.6) is 0 Å². The topological polar surface area (TPSA) is 75.4 Å². The minimum atomic E-state index is -0.485. The molecule has 0 atom stereocenters. The Labute approximate surface area is 121 Å². The molecular weight excluding hydrogens is 252 g/mol. The summed E-state index contributed by atoms with van der Waals surface area (Å²) in [6.07, 6.45) is 3.00. The molecule has 1 rings (SSSR count). The lowest BCUT2D eigenvalue weighted by molar-refractivity contribution is -0.125. The molecule has 0 radical (unpaired) electrons. The first kappa shape index (κ1) is 16.7. The fourth-order valence-electron chi connectivity index (χ4n) is 2.30. The highest BCUT2D eigenvalue weighted by Gasteiger charge is 2.33. The van der Waals surface area contributed by atoms with Crippen LogP contribution in [0.2, 0.25) is 0 Å². The van der Waals surface area contributed by atoms with Gasteiger partial charge in [-0.2, -0.15) is 0 Å². The molecular formula is C16H26N2O2. The summed E-state index contributed by atoms with van der Waals surface area (Å²) in [6.45, 7) is 4.52. The molecule has 112 valence electrons. The highest BCUT2D eigenvalue weighted by atomic mass is 16.2. The van der Waals surface area contributed by atoms with Crippen LogP contribution in [0.4, 0.5) is 5.69 Å². The number of amides is 1. The number of benzene rings is 1. The maximum Gasteiger partial charge on any atom is 0.231 e. The van der Waals surface area contributed by atoms with Crippen LogP contribution in [0.15, 0.2) is 24.3 Å². The van der Waals surface area contributed by atoms with Gasteiger partial charge in [-0.05, 0) is 43.4 Å². The number of anilines is 1. The number of aryl methyl sites for hydroxylation is 1. The van der Waals surface area contributed by atoms with Crippen LogP contribution in [0.3, 0.4) is 0 Å². The number of carbonyl (C=O) groups is 1. The van der Waals surface area contributed by atoms with Gasteiger partial charge >= 0.3 is 0 Å². The summed E-state index contributed by atoms with van der Waals surface area (Å²) < 4.78 is 0. The standard InChI is InChI=1S/C16H26N2O2/c1-3-16(4-2,12-17)15(20)18-14-9-5-7-13(11-14)8-6-10-19/h5,7,9,11,19H,3-4,6,8,10,12,17H2,1-2H3,(H,18,20). The van der Waals surface area contributed by atoms with Crippen LogP contribution in [0.1, 0.15) is 38.7 Å². The first-order chi connectivity index (χ1) is 9.61. The van der Waals surface area contributed by atoms with Gasteiger partial charge in [0.05, 0.1) is 5.41 Å². The lowest BCUT2D eigenvalue weighted by Crippen LogP contribution is -2.41. The summed E-state index contributed by atoms with van der Waals surface area (Å²) in [4.78, 5) is 12.4. The first-order valence-electron chi connectivity index (χ1n) is 7.33. The smallest absolute Gasteiger partial charge is 0.231 e. The molecule has 1 amide bonds. The van der Waals surface area contributed by atoms with Crippen LogP contribution in [-0.2, 0) is 11.2 Å². The van der Waals surface area contributed by atoms with E-state index in [0.29, 0.717) is 6.54 Å². The van der Waals surface area contributed by atoms with Crippen molar-refractivity contribution in [3.63, 3.8) is 0 Å². The Morgan fingerprint density at radius 1 is 1.35 bits per heavy atom. The SMILES string of the molecule is CCC(CC)(CN)C(=O)Nc1cccc(CCCO)c1. The molecule has 0 fully saturated rings. The van der Waals surface area contributed by atoms with Crippen molar-refractivity contribution in [2.45, 2.75) is 39.5 Å². The van der Waals surface area contributed by atoms with Crippen LogP contribution in [-0.4, -0.2) is 24.2 Å². The molecule has 1 aromatic carbocycles. The second-order valence-electron chi connectivity index (χ2n) is 5.17. The number of aliphatic hydroxyl groups excluding tert-OH is 1. The van der Waals surface area contributed by atoms with Crippen molar-refractivity contribution < 1.29 is 9.90 Å². The van der Waals surface area contributed by atoms with Crippen LogP contribution >= 0.6 is 0 Å². The zero-order valence-electron chi connectivity index (χ0n) is 12.5. The first-order valence-corrected chi connectivity index (χ1v) is 7.33. The number of nitrogens with one attached hydrogen (secondary N) is 1. The van der Waals surface area contributed by atoms with Gasteiger partial charge in [0, 0.05) is 18.8 Å². The average Bonchev–Trinajstić information content (AvgIpc) is 2.48. The molecule has 1 aromatic rings. The third-order valence-corrected chi connectivity index (χ3v) is 4.03. The third-order valence-electron chi connectivity index (χ3n) is 4.03. The molecule has 0 saturated carbocycles. The summed E-state index contributed by atoms with van der Waals surface area (Å²) in [5, 5.41) is 11.8. The van der Waals surface area contributed by atoms with Gasteiger partial charge in [-0.25, -0.2) is 0 Å². The van der Waals surface area contributed by atoms with Gasteiger partial charge in [-0.1, -0.05) is 26.0 Å². The van der Waals surface area contributed by atoms with Crippen molar-refractivity contribution in [2.75, 3.05) is 18.5 Å². The van der Waals surface area contributed by atoms with E-state index in [9.17, 15) is 4.79 Å². The van der Waals surface area contributed by atoms with E-state index in [1.807, 2.05) is 38.1 Å². The maximum atomic E-state index is 12.4. The second-order valence-corrected chi connectivity index (χ2v) is 5.17. The molecule has 0 unspecified atom stereocenters. The molecule has 0 aliphatic rings. The van der Waals surface area contributed by atoms with Gasteiger partial charge < -0.3 is 16.2 Å². The number of rotatable bonds is 8. The van der Waals surface area contributed by atoms with E-state index >= 15 is 0 Å². The van der Waals surface area contributed by atoms with Crippen molar-refractivity contribution in [3.8, 4) is 0 Å². The van der Waals surface area contributed by atoms with Gasteiger partial charge in [-0.3, -0.25) is 4.79 Å². The van der Waals surface area contributed by atoms with E-state index < -0.39 is 5.41 Å². The highest BCUT2D eigenvalue weighted by Crippen LogP contribution is 2.27. The van der Waals surface area contributed by atoms with Crippen LogP contribution in [0, 0.1) is 5.41 Å². The van der Waals surface area contributed by atoms with Crippen LogP contribution in [0.25, 0.3) is 0 Å². The van der Waals surface area contributed by atoms with E-state index in [4.69, 9.17) is 10.8 Å². The lowest BCUT2D eigenvalue weighted by atomic mass is 9.81. The molecule has 0 heterocycles. The molecule has 4 nitrogen and oxygen atoms in total. The van der Waals surface area contributed by atoms with E-state index in [2.05, 4.69) is 5.32 Å². The van der Waals surface area contributed by atoms with Crippen molar-refractivity contribution in [3.05, 3.63) is 29.8 Å². The molecule has 0 aliphatic carbocycles. The van der Waals surface area contributed by atoms with Crippen molar-refractivity contribution >= 4 is 11.6 Å². The number of aliphatic hydroxyl groups is 1. The van der Waals surface area contributed by atoms with Gasteiger partial charge in [0.1, 0.15) is 0 Å². The van der Waals surface area contributed by atoms with Crippen molar-refractivity contribution in [1.82, 2.24) is 0 Å². The summed E-state index contributed by atoms with van der Waals surface area (Å²) in [7, 11) is 0. The van der Waals surface area contributed by atoms with Gasteiger partial charge in [0.15, 0.2) is 0 Å². The van der Waals surface area contributed by atoms with Crippen molar-refractivity contribution in [1.29, 1.82) is 0 Å². The number of hydrogen-bond donors (Lipinski definition) is 3. The molecule has 0 aromatic heterocycles. The Bertz CT molecular complexity index is 420. The zero-order valence-corrected chi connectivity index (χ0v) is 12.5. The summed E-state index contributed by atoms with van der Waals surface area (Å²) >= 11 is 0. The van der Waals surface area contributed by atoms with Crippen molar-refractivity contribution in [2.24, 2.45) is 11.1 Å². The Hall–Kier alpha value is -1.39. The molecule has 0 bridgehead atoms. The fourth-order valence-corrected chi connectivity index (χ4v) is 2.30. The molecule has 20 heavy (non-hydrogen) atoms. The third kappa shape index (κ3) is 4.05. The normalized spacial score (nSPS) is 11.4. The predicted octanol–water partition coefficient (Wildman–Crippen LogP) is 2.32. The summed E-state index contributed by atoms with van der Waals surface area (Å²) in [5.41, 5.74) is 7.22. The Morgan fingerprint density at radius 2 is 2.05 bits per heavy atom. The lowest BCUT2D eigenvalue weighted by Gasteiger charge is -2.28. The van der Waals surface area contributed by atoms with E-state index in [1.54, 1.807) is 0 Å². The monoisotopic (exact) mass is 278 g/mol. The maximum absolute atomic E-state index is 12.4. The van der Waals surface area contributed by atoms with E-state index in [-0.39, 0.29) is 12.5 Å². The minimum absolute atomic E-state index is 0.00990. The Morgan fingerprint density at radius 3 is 2.60 bits per heavy atom. The van der Waals surface area contributed by atoms with E-state index in [1.165, 1.54) is 0 Å². The zero-order chi connectivity index (χ0) is 15.0. The fraction of sp³-hybridized carbons (Fsp3) is 0.562. The molecule has 0 aliphatic heterocycles. The average molecular weight is 278 g/mol. The summed E-state index contributed by atoms with van der Waals surface area (Å²) in [5.74, 6) is -0.00990. The second kappa shape index (κ2) is 8.02. The van der Waals surface area contributed by atoms with Gasteiger partial charge in [0.2, 0.25) is 5.91 Å². The quantitative estimate of drug-likeness (QED) is 0.683. The minimum Gasteiger partial charge on any atom is -0.396 e. The predicted molar refractivity (Wildman–Crippen MR) is 82.5 cm³/mol. The Balaban J connectivity index is 2.79. The Kier molecular flexibility index (Phi) is 6.68. The van der Waals surface area contributed by atoms with Gasteiger partial charge in [0.25, 0.3) is 0 Å². The van der Waals surface area contributed by atoms with Crippen LogP contribution < -0.4 is 11.1 Å². The highest BCUT2D eigenvalue weighted by molar-refractivity contribution is 5.95. The molecule has 0 spiro atoms. The summed E-state index contributed by atoms with van der Waals surface area (Å²) in [6, 6.07) is 7.76. The number of carbonyl (C=O) groups excluding carboxylic acids is 1. The number of nitrogens with two attached hydrogens (primary N) is 1. The van der Waals surface area contributed by atoms with E-state index in [0.717, 1.165) is 36.9 Å². The number of hydrogen-bond acceptors (Lipinski definition) is 3.